The average Bonchev–Trinajstić information content (AvgIpc) is 2.54. The molecule has 5 heteroatoms. The molecular weight excluding hydrogens is 280 g/mol. The standard InChI is InChI=1S/C17H22N2O3/c1-4-11-22-15-8-6-5-7-14(15)18-17(20)19-10-9-13(2)16(12-19)21-3/h1,5-8,13,16H,9-12H2,2-3H3,(H,18,20)/t13-,16+/m1/s1. The van der Waals surface area contributed by atoms with Crippen LogP contribution in [0.4, 0.5) is 10.5 Å². The number of hydrogen-bond acceptors (Lipinski definition) is 3. The zero-order valence-electron chi connectivity index (χ0n) is 13.0. The monoisotopic (exact) mass is 302 g/mol. The maximum atomic E-state index is 12.4. The largest absolute Gasteiger partial charge is 0.479 e. The SMILES string of the molecule is C#CCOc1ccccc1NC(=O)N1CC[C@@H](C)[C@@H](OC)C1. The van der Waals surface area contributed by atoms with Gasteiger partial charge in [-0.15, -0.1) is 6.42 Å². The number of methoxy groups -OCH3 is 1. The van der Waals surface area contributed by atoms with Gasteiger partial charge in [-0.3, -0.25) is 0 Å². The molecule has 1 aromatic carbocycles. The van der Waals surface area contributed by atoms with Gasteiger partial charge in [0.05, 0.1) is 11.8 Å². The van der Waals surface area contributed by atoms with Crippen LogP contribution in [0.15, 0.2) is 24.3 Å². The Kier molecular flexibility index (Phi) is 5.68. The molecule has 1 fully saturated rings. The summed E-state index contributed by atoms with van der Waals surface area (Å²) in [5, 5.41) is 2.89. The van der Waals surface area contributed by atoms with E-state index in [9.17, 15) is 4.79 Å². The molecule has 0 aliphatic carbocycles. The number of urea groups is 1. The van der Waals surface area contributed by atoms with Crippen LogP contribution >= 0.6 is 0 Å². The zero-order chi connectivity index (χ0) is 15.9. The number of piperidine rings is 1. The van der Waals surface area contributed by atoms with Crippen LogP contribution in [0.5, 0.6) is 5.75 Å². The number of nitrogens with one attached hydrogen (secondary N) is 1. The van der Waals surface area contributed by atoms with Gasteiger partial charge in [0.25, 0.3) is 0 Å². The first-order chi connectivity index (χ1) is 10.7. The van der Waals surface area contributed by atoms with Gasteiger partial charge in [-0.1, -0.05) is 25.0 Å². The molecule has 0 bridgehead atoms. The van der Waals surface area contributed by atoms with Crippen LogP contribution in [0, 0.1) is 18.3 Å². The summed E-state index contributed by atoms with van der Waals surface area (Å²) in [6.45, 7) is 3.63. The Morgan fingerprint density at radius 3 is 3.00 bits per heavy atom. The van der Waals surface area contributed by atoms with Crippen molar-refractivity contribution in [2.75, 3.05) is 32.1 Å². The molecule has 1 heterocycles. The van der Waals surface area contributed by atoms with Crippen LogP contribution in [-0.4, -0.2) is 43.8 Å². The lowest BCUT2D eigenvalue weighted by Gasteiger charge is -2.36. The Bertz CT molecular complexity index is 553. The Morgan fingerprint density at radius 2 is 2.27 bits per heavy atom. The molecule has 1 aliphatic heterocycles. The highest BCUT2D eigenvalue weighted by Crippen LogP contribution is 2.25. The smallest absolute Gasteiger partial charge is 0.322 e. The fourth-order valence-corrected chi connectivity index (χ4v) is 2.53. The van der Waals surface area contributed by atoms with Gasteiger partial charge in [-0.25, -0.2) is 4.79 Å². The number of benzene rings is 1. The molecule has 2 amide bonds. The van der Waals surface area contributed by atoms with Crippen molar-refractivity contribution in [1.29, 1.82) is 0 Å². The van der Waals surface area contributed by atoms with Crippen molar-refractivity contribution in [2.24, 2.45) is 5.92 Å². The second-order valence-corrected chi connectivity index (χ2v) is 5.41. The number of amides is 2. The van der Waals surface area contributed by atoms with Gasteiger partial charge in [-0.2, -0.15) is 0 Å². The van der Waals surface area contributed by atoms with Crippen LogP contribution in [0.25, 0.3) is 0 Å². The predicted molar refractivity (Wildman–Crippen MR) is 85.9 cm³/mol. The van der Waals surface area contributed by atoms with Crippen molar-refractivity contribution in [2.45, 2.75) is 19.4 Å². The van der Waals surface area contributed by atoms with E-state index in [1.54, 1.807) is 24.1 Å². The molecule has 0 spiro atoms. The summed E-state index contributed by atoms with van der Waals surface area (Å²) >= 11 is 0. The van der Waals surface area contributed by atoms with Crippen molar-refractivity contribution in [3.63, 3.8) is 0 Å². The Morgan fingerprint density at radius 1 is 1.50 bits per heavy atom. The number of carbonyl (C=O) groups is 1. The van der Waals surface area contributed by atoms with Crippen molar-refractivity contribution < 1.29 is 14.3 Å². The van der Waals surface area contributed by atoms with E-state index in [-0.39, 0.29) is 18.7 Å². The lowest BCUT2D eigenvalue weighted by atomic mass is 9.96. The van der Waals surface area contributed by atoms with Gasteiger partial charge in [0.1, 0.15) is 12.4 Å². The van der Waals surface area contributed by atoms with E-state index in [0.717, 1.165) is 13.0 Å². The van der Waals surface area contributed by atoms with Crippen molar-refractivity contribution >= 4 is 11.7 Å². The summed E-state index contributed by atoms with van der Waals surface area (Å²) in [6.07, 6.45) is 6.21. The van der Waals surface area contributed by atoms with Crippen LogP contribution in [-0.2, 0) is 4.74 Å². The number of anilines is 1. The maximum absolute atomic E-state index is 12.4. The van der Waals surface area contributed by atoms with Gasteiger partial charge in [-0.05, 0) is 24.5 Å². The minimum Gasteiger partial charge on any atom is -0.479 e. The fraction of sp³-hybridized carbons (Fsp3) is 0.471. The van der Waals surface area contributed by atoms with E-state index in [0.29, 0.717) is 23.9 Å². The number of hydrogen-bond donors (Lipinski definition) is 1. The maximum Gasteiger partial charge on any atom is 0.322 e. The van der Waals surface area contributed by atoms with E-state index in [1.807, 2.05) is 12.1 Å². The molecule has 1 aromatic rings. The molecule has 22 heavy (non-hydrogen) atoms. The third-order valence-electron chi connectivity index (χ3n) is 3.92. The predicted octanol–water partition coefficient (Wildman–Crippen LogP) is 2.59. The minimum atomic E-state index is -0.147. The second-order valence-electron chi connectivity index (χ2n) is 5.41. The number of rotatable bonds is 4. The number of para-hydroxylation sites is 2. The molecule has 2 rings (SSSR count). The van der Waals surface area contributed by atoms with Crippen molar-refractivity contribution in [1.82, 2.24) is 4.90 Å². The molecule has 2 atom stereocenters. The number of carbonyl (C=O) groups excluding carboxylic acids is 1. The van der Waals surface area contributed by atoms with Crippen LogP contribution in [0.2, 0.25) is 0 Å². The first-order valence-corrected chi connectivity index (χ1v) is 7.39. The first-order valence-electron chi connectivity index (χ1n) is 7.39. The molecule has 5 nitrogen and oxygen atoms in total. The molecule has 0 saturated carbocycles. The third kappa shape index (κ3) is 3.92. The molecular formula is C17H22N2O3. The summed E-state index contributed by atoms with van der Waals surface area (Å²) in [5.41, 5.74) is 0.621. The Balaban J connectivity index is 2.02. The number of ether oxygens (including phenoxy) is 2. The van der Waals surface area contributed by atoms with E-state index < -0.39 is 0 Å². The van der Waals surface area contributed by atoms with Crippen LogP contribution < -0.4 is 10.1 Å². The zero-order valence-corrected chi connectivity index (χ0v) is 13.0. The fourth-order valence-electron chi connectivity index (χ4n) is 2.53. The highest BCUT2D eigenvalue weighted by Gasteiger charge is 2.29. The van der Waals surface area contributed by atoms with E-state index >= 15 is 0 Å². The molecule has 1 saturated heterocycles. The second kappa shape index (κ2) is 7.71. The van der Waals surface area contributed by atoms with Gasteiger partial charge < -0.3 is 19.7 Å². The van der Waals surface area contributed by atoms with E-state index in [2.05, 4.69) is 18.2 Å². The molecule has 0 radical (unpaired) electrons. The number of likely N-dealkylation sites (tertiary alicyclic amines) is 1. The topological polar surface area (TPSA) is 50.8 Å². The lowest BCUT2D eigenvalue weighted by Crippen LogP contribution is -2.48. The molecule has 118 valence electrons. The highest BCUT2D eigenvalue weighted by molar-refractivity contribution is 5.91. The van der Waals surface area contributed by atoms with Crippen LogP contribution in [0.3, 0.4) is 0 Å². The highest BCUT2D eigenvalue weighted by atomic mass is 16.5. The number of nitrogens with zero attached hydrogens (tertiary/aromatic N) is 1. The van der Waals surface area contributed by atoms with E-state index in [4.69, 9.17) is 15.9 Å². The minimum absolute atomic E-state index is 0.0763. The summed E-state index contributed by atoms with van der Waals surface area (Å²) < 4.78 is 10.9. The summed E-state index contributed by atoms with van der Waals surface area (Å²) in [7, 11) is 1.69. The summed E-state index contributed by atoms with van der Waals surface area (Å²) in [5.74, 6) is 3.45. The summed E-state index contributed by atoms with van der Waals surface area (Å²) in [4.78, 5) is 14.2. The molecule has 1 N–H and O–H groups in total. The Hall–Kier alpha value is -2.19. The normalized spacial score (nSPS) is 21.0. The number of terminal acetylenes is 1. The summed E-state index contributed by atoms with van der Waals surface area (Å²) in [6, 6.07) is 7.11. The quantitative estimate of drug-likeness (QED) is 0.870. The van der Waals surface area contributed by atoms with Gasteiger partial charge >= 0.3 is 6.03 Å². The van der Waals surface area contributed by atoms with Crippen LogP contribution in [0.1, 0.15) is 13.3 Å². The van der Waals surface area contributed by atoms with Crippen molar-refractivity contribution in [3.8, 4) is 18.1 Å². The van der Waals surface area contributed by atoms with Gasteiger partial charge in [0, 0.05) is 20.2 Å². The van der Waals surface area contributed by atoms with Crippen molar-refractivity contribution in [3.05, 3.63) is 24.3 Å². The van der Waals surface area contributed by atoms with E-state index in [1.165, 1.54) is 0 Å². The molecule has 0 aromatic heterocycles. The average molecular weight is 302 g/mol. The Labute approximate surface area is 131 Å². The first kappa shape index (κ1) is 16.2. The molecule has 1 aliphatic rings. The van der Waals surface area contributed by atoms with Gasteiger partial charge in [0.15, 0.2) is 0 Å². The molecule has 0 unspecified atom stereocenters. The lowest BCUT2D eigenvalue weighted by molar-refractivity contribution is 0.00895. The van der Waals surface area contributed by atoms with Gasteiger partial charge in [0.2, 0.25) is 0 Å². The third-order valence-corrected chi connectivity index (χ3v) is 3.92.